The fourth-order valence-electron chi connectivity index (χ4n) is 3.31. The molecule has 0 saturated carbocycles. The molecule has 6 heteroatoms. The number of methoxy groups -OCH3 is 2. The smallest absolute Gasteiger partial charge is 0.253 e. The Kier molecular flexibility index (Phi) is 6.42. The largest absolute Gasteiger partial charge is 0.496 e. The molecule has 2 aromatic carbocycles. The first-order valence-corrected chi connectivity index (χ1v) is 9.02. The first-order valence-electron chi connectivity index (χ1n) is 9.02. The highest BCUT2D eigenvalue weighted by Crippen LogP contribution is 2.22. The van der Waals surface area contributed by atoms with E-state index >= 15 is 0 Å². The van der Waals surface area contributed by atoms with Crippen molar-refractivity contribution in [2.75, 3.05) is 40.4 Å². The molecule has 1 fully saturated rings. The summed E-state index contributed by atoms with van der Waals surface area (Å²) in [6.45, 7) is 3.93. The molecule has 0 atom stereocenters. The van der Waals surface area contributed by atoms with Gasteiger partial charge < -0.3 is 14.4 Å². The highest BCUT2D eigenvalue weighted by molar-refractivity contribution is 5.94. The third-order valence-electron chi connectivity index (χ3n) is 4.81. The van der Waals surface area contributed by atoms with Crippen molar-refractivity contribution in [3.8, 4) is 5.75 Å². The van der Waals surface area contributed by atoms with Crippen molar-refractivity contribution in [3.63, 3.8) is 0 Å². The van der Waals surface area contributed by atoms with Gasteiger partial charge >= 0.3 is 0 Å². The Hall–Kier alpha value is -2.44. The summed E-state index contributed by atoms with van der Waals surface area (Å²) in [5.74, 6) is 0.463. The lowest BCUT2D eigenvalue weighted by Gasteiger charge is -2.35. The van der Waals surface area contributed by atoms with Gasteiger partial charge in [-0.3, -0.25) is 9.69 Å². The summed E-state index contributed by atoms with van der Waals surface area (Å²) in [4.78, 5) is 16.8. The molecule has 1 saturated heterocycles. The molecule has 0 bridgehead atoms. The Morgan fingerprint density at radius 3 is 2.37 bits per heavy atom. The number of benzene rings is 2. The van der Waals surface area contributed by atoms with Crippen molar-refractivity contribution in [2.24, 2.45) is 0 Å². The van der Waals surface area contributed by atoms with Crippen LogP contribution in [0.25, 0.3) is 0 Å². The van der Waals surface area contributed by atoms with E-state index in [1.807, 2.05) is 29.2 Å². The van der Waals surface area contributed by atoms with Crippen LogP contribution in [-0.2, 0) is 17.9 Å². The fourth-order valence-corrected chi connectivity index (χ4v) is 3.31. The molecular weight excluding hydrogens is 347 g/mol. The number of hydrogen-bond acceptors (Lipinski definition) is 4. The molecule has 144 valence electrons. The first-order chi connectivity index (χ1) is 13.1. The van der Waals surface area contributed by atoms with Crippen LogP contribution >= 0.6 is 0 Å². The molecular formula is C21H25FN2O3. The first kappa shape index (κ1) is 19.3. The second-order valence-electron chi connectivity index (χ2n) is 6.65. The van der Waals surface area contributed by atoms with Gasteiger partial charge in [-0.15, -0.1) is 0 Å². The molecule has 1 heterocycles. The third-order valence-corrected chi connectivity index (χ3v) is 4.81. The highest BCUT2D eigenvalue weighted by atomic mass is 19.1. The average molecular weight is 372 g/mol. The second-order valence-corrected chi connectivity index (χ2v) is 6.65. The van der Waals surface area contributed by atoms with Crippen LogP contribution in [0.3, 0.4) is 0 Å². The quantitative estimate of drug-likeness (QED) is 0.782. The molecule has 0 radical (unpaired) electrons. The average Bonchev–Trinajstić information content (AvgIpc) is 2.69. The minimum absolute atomic E-state index is 0.0435. The number of carbonyl (C=O) groups excluding carboxylic acids is 1. The number of hydrogen-bond donors (Lipinski definition) is 0. The van der Waals surface area contributed by atoms with E-state index in [2.05, 4.69) is 4.90 Å². The third kappa shape index (κ3) is 4.84. The van der Waals surface area contributed by atoms with E-state index < -0.39 is 0 Å². The van der Waals surface area contributed by atoms with Gasteiger partial charge in [0.2, 0.25) is 0 Å². The maximum atomic E-state index is 13.5. The summed E-state index contributed by atoms with van der Waals surface area (Å²) < 4.78 is 24.0. The predicted octanol–water partition coefficient (Wildman–Crippen LogP) is 2.94. The lowest BCUT2D eigenvalue weighted by atomic mass is 10.1. The monoisotopic (exact) mass is 372 g/mol. The van der Waals surface area contributed by atoms with Crippen LogP contribution in [0.5, 0.6) is 5.75 Å². The van der Waals surface area contributed by atoms with E-state index in [9.17, 15) is 9.18 Å². The standard InChI is InChI=1S/C21H25FN2O3/c1-26-15-16-3-5-17(6-4-16)21(25)24-11-9-23(10-12-24)14-18-13-19(22)7-8-20(18)27-2/h3-8,13H,9-12,14-15H2,1-2H3. The zero-order chi connectivity index (χ0) is 19.2. The van der Waals surface area contributed by atoms with Crippen LogP contribution in [0.15, 0.2) is 42.5 Å². The van der Waals surface area contributed by atoms with Gasteiger partial charge in [0.15, 0.2) is 0 Å². The number of halogens is 1. The maximum absolute atomic E-state index is 13.5. The van der Waals surface area contributed by atoms with Crippen molar-refractivity contribution < 1.29 is 18.7 Å². The summed E-state index contributed by atoms with van der Waals surface area (Å²) in [6.07, 6.45) is 0. The number of amides is 1. The van der Waals surface area contributed by atoms with Crippen molar-refractivity contribution >= 4 is 5.91 Å². The normalized spacial score (nSPS) is 15.0. The molecule has 2 aromatic rings. The molecule has 0 aromatic heterocycles. The van der Waals surface area contributed by atoms with Gasteiger partial charge in [0.05, 0.1) is 13.7 Å². The topological polar surface area (TPSA) is 42.0 Å². The summed E-state index contributed by atoms with van der Waals surface area (Å²) in [6, 6.07) is 12.1. The molecule has 0 unspecified atom stereocenters. The molecule has 0 spiro atoms. The molecule has 0 N–H and O–H groups in total. The fraction of sp³-hybridized carbons (Fsp3) is 0.381. The lowest BCUT2D eigenvalue weighted by Crippen LogP contribution is -2.48. The van der Waals surface area contributed by atoms with E-state index in [-0.39, 0.29) is 11.7 Å². The van der Waals surface area contributed by atoms with Gasteiger partial charge in [-0.1, -0.05) is 12.1 Å². The molecule has 1 aliphatic rings. The van der Waals surface area contributed by atoms with Crippen molar-refractivity contribution in [1.82, 2.24) is 9.80 Å². The Bertz CT molecular complexity index is 771. The Labute approximate surface area is 159 Å². The number of nitrogens with zero attached hydrogens (tertiary/aromatic N) is 2. The van der Waals surface area contributed by atoms with E-state index in [0.717, 1.165) is 24.2 Å². The van der Waals surface area contributed by atoms with E-state index in [1.54, 1.807) is 20.3 Å². The van der Waals surface area contributed by atoms with Gasteiger partial charge in [0, 0.05) is 51.0 Å². The SMILES string of the molecule is COCc1ccc(C(=O)N2CCN(Cc3cc(F)ccc3OC)CC2)cc1. The van der Waals surface area contributed by atoms with Gasteiger partial charge in [0.1, 0.15) is 11.6 Å². The highest BCUT2D eigenvalue weighted by Gasteiger charge is 2.23. The molecule has 0 aliphatic carbocycles. The molecule has 1 aliphatic heterocycles. The second kappa shape index (κ2) is 8.97. The molecule has 27 heavy (non-hydrogen) atoms. The van der Waals surface area contributed by atoms with Crippen LogP contribution < -0.4 is 4.74 Å². The van der Waals surface area contributed by atoms with Gasteiger partial charge in [-0.05, 0) is 35.9 Å². The van der Waals surface area contributed by atoms with Crippen molar-refractivity contribution in [1.29, 1.82) is 0 Å². The maximum Gasteiger partial charge on any atom is 0.253 e. The predicted molar refractivity (Wildman–Crippen MR) is 101 cm³/mol. The van der Waals surface area contributed by atoms with Crippen LogP contribution in [-0.4, -0.2) is 56.1 Å². The van der Waals surface area contributed by atoms with Gasteiger partial charge in [-0.2, -0.15) is 0 Å². The number of ether oxygens (including phenoxy) is 2. The number of carbonyl (C=O) groups is 1. The summed E-state index contributed by atoms with van der Waals surface area (Å²) in [5, 5.41) is 0. The zero-order valence-electron chi connectivity index (χ0n) is 15.8. The lowest BCUT2D eigenvalue weighted by molar-refractivity contribution is 0.0627. The van der Waals surface area contributed by atoms with Crippen LogP contribution in [0.1, 0.15) is 21.5 Å². The number of rotatable bonds is 6. The summed E-state index contributed by atoms with van der Waals surface area (Å²) in [7, 11) is 3.24. The van der Waals surface area contributed by atoms with Crippen molar-refractivity contribution in [2.45, 2.75) is 13.2 Å². The minimum Gasteiger partial charge on any atom is -0.496 e. The van der Waals surface area contributed by atoms with Crippen molar-refractivity contribution in [3.05, 3.63) is 65.0 Å². The molecule has 3 rings (SSSR count). The van der Waals surface area contributed by atoms with Gasteiger partial charge in [-0.25, -0.2) is 4.39 Å². The minimum atomic E-state index is -0.267. The van der Waals surface area contributed by atoms with E-state index in [0.29, 0.717) is 37.6 Å². The molecule has 1 amide bonds. The Morgan fingerprint density at radius 2 is 1.74 bits per heavy atom. The van der Waals surface area contributed by atoms with E-state index in [1.165, 1.54) is 12.1 Å². The van der Waals surface area contributed by atoms with Crippen LogP contribution in [0.4, 0.5) is 4.39 Å². The summed E-state index contributed by atoms with van der Waals surface area (Å²) >= 11 is 0. The molecule has 5 nitrogen and oxygen atoms in total. The van der Waals surface area contributed by atoms with Crippen LogP contribution in [0.2, 0.25) is 0 Å². The Balaban J connectivity index is 1.57. The Morgan fingerprint density at radius 1 is 1.04 bits per heavy atom. The van der Waals surface area contributed by atoms with Gasteiger partial charge in [0.25, 0.3) is 5.91 Å². The van der Waals surface area contributed by atoms with E-state index in [4.69, 9.17) is 9.47 Å². The zero-order valence-corrected chi connectivity index (χ0v) is 15.8. The number of piperazine rings is 1. The van der Waals surface area contributed by atoms with Crippen LogP contribution in [0, 0.1) is 5.82 Å². The summed E-state index contributed by atoms with van der Waals surface area (Å²) in [5.41, 5.74) is 2.56.